The predicted molar refractivity (Wildman–Crippen MR) is 126 cm³/mol. The van der Waals surface area contributed by atoms with Crippen molar-refractivity contribution >= 4 is 28.4 Å². The molecule has 0 bridgehead atoms. The molecule has 0 radical (unpaired) electrons. The Morgan fingerprint density at radius 1 is 0.938 bits per heavy atom. The van der Waals surface area contributed by atoms with Crippen molar-refractivity contribution < 1.29 is 14.3 Å². The van der Waals surface area contributed by atoms with E-state index >= 15 is 0 Å². The van der Waals surface area contributed by atoms with Crippen LogP contribution in [-0.2, 0) is 6.54 Å². The molecule has 0 unspecified atom stereocenters. The largest absolute Gasteiger partial charge is 0.497 e. The van der Waals surface area contributed by atoms with E-state index in [1.54, 1.807) is 42.0 Å². The van der Waals surface area contributed by atoms with Crippen LogP contribution in [0.25, 0.3) is 10.9 Å². The Bertz CT molecular complexity index is 1320. The van der Waals surface area contributed by atoms with Gasteiger partial charge in [-0.25, -0.2) is 4.98 Å². The number of ether oxygens (including phenoxy) is 2. The summed E-state index contributed by atoms with van der Waals surface area (Å²) in [6, 6.07) is 21.9. The third-order valence-corrected chi connectivity index (χ3v) is 6.04. The number of carbonyl (C=O) groups excluding carboxylic acids is 1. The molecule has 32 heavy (non-hydrogen) atoms. The molecule has 6 nitrogen and oxygen atoms in total. The Morgan fingerprint density at radius 3 is 2.41 bits per heavy atom. The molecule has 0 aliphatic heterocycles. The summed E-state index contributed by atoms with van der Waals surface area (Å²) >= 11 is 1.25. The maximum atomic E-state index is 13.3. The Labute approximate surface area is 189 Å². The van der Waals surface area contributed by atoms with E-state index in [2.05, 4.69) is 0 Å². The van der Waals surface area contributed by atoms with E-state index in [0.29, 0.717) is 33.9 Å². The van der Waals surface area contributed by atoms with Gasteiger partial charge in [0.2, 0.25) is 0 Å². The number of hydrogen-bond acceptors (Lipinski definition) is 6. The van der Waals surface area contributed by atoms with Gasteiger partial charge in [0.25, 0.3) is 5.56 Å². The van der Waals surface area contributed by atoms with Gasteiger partial charge in [0.15, 0.2) is 10.9 Å². The molecule has 4 rings (SSSR count). The Hall–Kier alpha value is -3.58. The van der Waals surface area contributed by atoms with Gasteiger partial charge in [0.1, 0.15) is 11.5 Å². The van der Waals surface area contributed by atoms with Crippen molar-refractivity contribution in [2.24, 2.45) is 0 Å². The number of benzene rings is 3. The summed E-state index contributed by atoms with van der Waals surface area (Å²) in [5.41, 5.74) is 1.91. The number of methoxy groups -OCH3 is 2. The van der Waals surface area contributed by atoms with E-state index in [1.807, 2.05) is 42.5 Å². The molecule has 0 saturated heterocycles. The van der Waals surface area contributed by atoms with Crippen LogP contribution in [0.4, 0.5) is 0 Å². The number of carbonyl (C=O) groups is 1. The maximum Gasteiger partial charge on any atom is 0.262 e. The Kier molecular flexibility index (Phi) is 6.56. The SMILES string of the molecule is COc1ccc(Cn2c(SCC(=O)c3ccccc3OC)nc3ccccc3c2=O)cc1. The van der Waals surface area contributed by atoms with E-state index < -0.39 is 0 Å². The average Bonchev–Trinajstić information content (AvgIpc) is 2.85. The van der Waals surface area contributed by atoms with Crippen LogP contribution in [0.3, 0.4) is 0 Å². The van der Waals surface area contributed by atoms with E-state index in [-0.39, 0.29) is 17.1 Å². The molecule has 1 aromatic heterocycles. The number of Topliss-reactive ketones (excluding diaryl/α,β-unsaturated/α-hetero) is 1. The summed E-state index contributed by atoms with van der Waals surface area (Å²) < 4.78 is 12.1. The fourth-order valence-electron chi connectivity index (χ4n) is 3.39. The van der Waals surface area contributed by atoms with Crippen LogP contribution >= 0.6 is 11.8 Å². The fraction of sp³-hybridized carbons (Fsp3) is 0.160. The van der Waals surface area contributed by atoms with Crippen molar-refractivity contribution in [3.05, 3.63) is 94.3 Å². The molecule has 0 atom stereocenters. The van der Waals surface area contributed by atoms with Gasteiger partial charge in [-0.1, -0.05) is 48.2 Å². The molecule has 0 aliphatic rings. The second-order valence-electron chi connectivity index (χ2n) is 7.06. The van der Waals surface area contributed by atoms with Gasteiger partial charge in [-0.3, -0.25) is 14.2 Å². The van der Waals surface area contributed by atoms with Crippen LogP contribution in [-0.4, -0.2) is 35.3 Å². The van der Waals surface area contributed by atoms with Gasteiger partial charge in [-0.05, 0) is 42.0 Å². The lowest BCUT2D eigenvalue weighted by Gasteiger charge is -2.14. The minimum atomic E-state index is -0.140. The molecule has 4 aromatic rings. The maximum absolute atomic E-state index is 13.3. The number of fused-ring (bicyclic) bond motifs is 1. The number of hydrogen-bond donors (Lipinski definition) is 0. The molecule has 0 saturated carbocycles. The van der Waals surface area contributed by atoms with Crippen molar-refractivity contribution in [3.63, 3.8) is 0 Å². The molecule has 1 heterocycles. The van der Waals surface area contributed by atoms with Crippen molar-refractivity contribution in [1.82, 2.24) is 9.55 Å². The number of aromatic nitrogens is 2. The van der Waals surface area contributed by atoms with E-state index in [0.717, 1.165) is 11.3 Å². The summed E-state index contributed by atoms with van der Waals surface area (Å²) in [5, 5.41) is 1.04. The molecule has 0 spiro atoms. The summed E-state index contributed by atoms with van der Waals surface area (Å²) in [4.78, 5) is 30.8. The molecule has 0 fully saturated rings. The van der Waals surface area contributed by atoms with Gasteiger partial charge in [0.05, 0.1) is 43.0 Å². The van der Waals surface area contributed by atoms with Crippen LogP contribution in [0, 0.1) is 0 Å². The molecule has 0 N–H and O–H groups in total. The quantitative estimate of drug-likeness (QED) is 0.226. The number of nitrogens with zero attached hydrogens (tertiary/aromatic N) is 2. The number of para-hydroxylation sites is 2. The van der Waals surface area contributed by atoms with E-state index in [1.165, 1.54) is 18.9 Å². The number of ketones is 1. The lowest BCUT2D eigenvalue weighted by molar-refractivity contribution is 0.101. The summed E-state index contributed by atoms with van der Waals surface area (Å²) in [5.74, 6) is 1.31. The van der Waals surface area contributed by atoms with E-state index in [9.17, 15) is 9.59 Å². The van der Waals surface area contributed by atoms with Crippen molar-refractivity contribution in [3.8, 4) is 11.5 Å². The van der Waals surface area contributed by atoms with Crippen LogP contribution in [0.2, 0.25) is 0 Å². The lowest BCUT2D eigenvalue weighted by atomic mass is 10.1. The Balaban J connectivity index is 1.68. The fourth-order valence-corrected chi connectivity index (χ4v) is 4.28. The van der Waals surface area contributed by atoms with Gasteiger partial charge in [0, 0.05) is 0 Å². The summed E-state index contributed by atoms with van der Waals surface area (Å²) in [6.45, 7) is 0.339. The van der Waals surface area contributed by atoms with Crippen molar-refractivity contribution in [1.29, 1.82) is 0 Å². The third-order valence-electron chi connectivity index (χ3n) is 5.07. The topological polar surface area (TPSA) is 70.4 Å². The number of rotatable bonds is 8. The first-order valence-corrected chi connectivity index (χ1v) is 11.0. The highest BCUT2D eigenvalue weighted by atomic mass is 32.2. The average molecular weight is 447 g/mol. The first kappa shape index (κ1) is 21.6. The summed E-state index contributed by atoms with van der Waals surface area (Å²) in [7, 11) is 3.15. The molecule has 3 aromatic carbocycles. The van der Waals surface area contributed by atoms with Crippen molar-refractivity contribution in [2.75, 3.05) is 20.0 Å². The second kappa shape index (κ2) is 9.70. The summed E-state index contributed by atoms with van der Waals surface area (Å²) in [6.07, 6.45) is 0. The zero-order chi connectivity index (χ0) is 22.5. The Morgan fingerprint density at radius 2 is 1.66 bits per heavy atom. The van der Waals surface area contributed by atoms with Crippen molar-refractivity contribution in [2.45, 2.75) is 11.7 Å². The van der Waals surface area contributed by atoms with Crippen LogP contribution in [0.5, 0.6) is 11.5 Å². The lowest BCUT2D eigenvalue weighted by Crippen LogP contribution is -2.24. The smallest absolute Gasteiger partial charge is 0.262 e. The standard InChI is InChI=1S/C25H22N2O4S/c1-30-18-13-11-17(12-14-18)15-27-24(29)19-7-3-5-9-21(19)26-25(27)32-16-22(28)20-8-4-6-10-23(20)31-2/h3-14H,15-16H2,1-2H3. The highest BCUT2D eigenvalue weighted by Crippen LogP contribution is 2.24. The molecule has 162 valence electrons. The van der Waals surface area contributed by atoms with Crippen LogP contribution < -0.4 is 15.0 Å². The molecule has 7 heteroatoms. The van der Waals surface area contributed by atoms with Gasteiger partial charge in [-0.15, -0.1) is 0 Å². The molecule has 0 amide bonds. The minimum Gasteiger partial charge on any atom is -0.497 e. The highest BCUT2D eigenvalue weighted by Gasteiger charge is 2.16. The van der Waals surface area contributed by atoms with Gasteiger partial charge >= 0.3 is 0 Å². The normalized spacial score (nSPS) is 10.8. The molecule has 0 aliphatic carbocycles. The third kappa shape index (κ3) is 4.53. The van der Waals surface area contributed by atoms with Gasteiger partial charge in [-0.2, -0.15) is 0 Å². The predicted octanol–water partition coefficient (Wildman–Crippen LogP) is 4.44. The van der Waals surface area contributed by atoms with E-state index in [4.69, 9.17) is 14.5 Å². The molecular formula is C25H22N2O4S. The monoisotopic (exact) mass is 446 g/mol. The number of thioether (sulfide) groups is 1. The molecular weight excluding hydrogens is 424 g/mol. The zero-order valence-electron chi connectivity index (χ0n) is 17.8. The van der Waals surface area contributed by atoms with Crippen LogP contribution in [0.1, 0.15) is 15.9 Å². The minimum absolute atomic E-state index is 0.0918. The van der Waals surface area contributed by atoms with Gasteiger partial charge < -0.3 is 9.47 Å². The second-order valence-corrected chi connectivity index (χ2v) is 8.01. The zero-order valence-corrected chi connectivity index (χ0v) is 18.6. The van der Waals surface area contributed by atoms with Crippen LogP contribution in [0.15, 0.2) is 82.7 Å². The first-order valence-electron chi connectivity index (χ1n) is 10.0. The first-order chi connectivity index (χ1) is 15.6. The highest BCUT2D eigenvalue weighted by molar-refractivity contribution is 7.99.